The minimum Gasteiger partial charge on any atom is -0.390 e. The first kappa shape index (κ1) is 31.4. The van der Waals surface area contributed by atoms with E-state index in [0.717, 1.165) is 34.5 Å². The van der Waals surface area contributed by atoms with E-state index >= 15 is 0 Å². The molecule has 2 amide bonds. The Bertz CT molecular complexity index is 1300. The van der Waals surface area contributed by atoms with Crippen molar-refractivity contribution in [3.8, 4) is 0 Å². The molecule has 0 aromatic carbocycles. The van der Waals surface area contributed by atoms with Crippen LogP contribution in [0.1, 0.15) is 71.5 Å². The van der Waals surface area contributed by atoms with E-state index in [-0.39, 0.29) is 18.4 Å². The summed E-state index contributed by atoms with van der Waals surface area (Å²) in [4.78, 5) is 33.3. The summed E-state index contributed by atoms with van der Waals surface area (Å²) < 4.78 is 1.68. The minimum atomic E-state index is -0.331. The Labute approximate surface area is 231 Å². The van der Waals surface area contributed by atoms with E-state index in [9.17, 15) is 14.7 Å². The molecular weight excluding hydrogens is 492 g/mol. The summed E-state index contributed by atoms with van der Waals surface area (Å²) in [5.74, 6) is -0.0344. The van der Waals surface area contributed by atoms with E-state index in [1.807, 2.05) is 27.0 Å². The van der Waals surface area contributed by atoms with Crippen LogP contribution >= 0.6 is 0 Å². The van der Waals surface area contributed by atoms with Gasteiger partial charge in [-0.3, -0.25) is 24.2 Å². The van der Waals surface area contributed by atoms with Crippen LogP contribution in [0.3, 0.4) is 0 Å². The number of aliphatic hydroxyl groups is 1. The quantitative estimate of drug-likeness (QED) is 0.249. The lowest BCUT2D eigenvalue weighted by Gasteiger charge is -2.11. The molecule has 2 aromatic heterocycles. The lowest BCUT2D eigenvalue weighted by Crippen LogP contribution is -2.22. The highest BCUT2D eigenvalue weighted by atomic mass is 16.3. The summed E-state index contributed by atoms with van der Waals surface area (Å²) in [7, 11) is 1.82. The molecule has 210 valence electrons. The van der Waals surface area contributed by atoms with E-state index < -0.39 is 0 Å². The molecule has 2 rings (SSSR count). The van der Waals surface area contributed by atoms with E-state index in [1.54, 1.807) is 37.7 Å². The molecule has 0 spiro atoms. The Balaban J connectivity index is 2.23. The van der Waals surface area contributed by atoms with Crippen LogP contribution in [0.2, 0.25) is 0 Å². The molecule has 9 heteroatoms. The summed E-state index contributed by atoms with van der Waals surface area (Å²) in [5, 5.41) is 19.8. The highest BCUT2D eigenvalue weighted by Gasteiger charge is 2.12. The van der Waals surface area contributed by atoms with Gasteiger partial charge in [-0.25, -0.2) is 0 Å². The standard InChI is InChI=1S/C30H42N6O3/c1-9-19(3)11-12-24(28-15-26(18-37)36(8)35-28)13-20(4)21(5)16-31-23(7)30(39)34-27-14-25(17-32-22(27)6)33-29(38)10-2/h11-15,17,19,37H,9-10,16,18H2,1-8H3,(H,33,38)(H,34,39)/b12-11-,21-20?,24-13+,31-23?. The third-order valence-electron chi connectivity index (χ3n) is 6.55. The van der Waals surface area contributed by atoms with E-state index in [0.29, 0.717) is 41.7 Å². The summed E-state index contributed by atoms with van der Waals surface area (Å²) in [6.07, 6.45) is 9.24. The number of pyridine rings is 1. The minimum absolute atomic E-state index is 0.0803. The van der Waals surface area contributed by atoms with Gasteiger partial charge in [0.15, 0.2) is 0 Å². The SMILES string of the molecule is CCC(=O)Nc1cnc(C)c(NC(=O)C(C)=NCC(C)=C(C)/C=C(\C=C/C(C)CC)c2cc(CO)n(C)n2)c1. The number of rotatable bonds is 12. The average Bonchev–Trinajstić information content (AvgIpc) is 3.30. The van der Waals surface area contributed by atoms with Crippen LogP contribution in [-0.4, -0.2) is 43.9 Å². The normalized spacial score (nSPS) is 13.9. The number of hydrogen-bond acceptors (Lipinski definition) is 6. The van der Waals surface area contributed by atoms with Crippen LogP contribution in [0.5, 0.6) is 0 Å². The van der Waals surface area contributed by atoms with E-state index in [1.165, 1.54) is 0 Å². The highest BCUT2D eigenvalue weighted by Crippen LogP contribution is 2.22. The van der Waals surface area contributed by atoms with Crippen molar-refractivity contribution in [2.75, 3.05) is 17.2 Å². The maximum absolute atomic E-state index is 12.8. The number of anilines is 2. The van der Waals surface area contributed by atoms with Gasteiger partial charge in [-0.2, -0.15) is 5.10 Å². The molecular formula is C30H42N6O3. The van der Waals surface area contributed by atoms with E-state index in [2.05, 4.69) is 57.8 Å². The molecule has 9 nitrogen and oxygen atoms in total. The fourth-order valence-electron chi connectivity index (χ4n) is 3.39. The smallest absolute Gasteiger partial charge is 0.269 e. The third kappa shape index (κ3) is 9.44. The first-order valence-electron chi connectivity index (χ1n) is 13.3. The van der Waals surface area contributed by atoms with Gasteiger partial charge in [-0.15, -0.1) is 0 Å². The predicted molar refractivity (Wildman–Crippen MR) is 159 cm³/mol. The number of carbonyl (C=O) groups is 2. The van der Waals surface area contributed by atoms with Crippen LogP contribution < -0.4 is 10.6 Å². The van der Waals surface area contributed by atoms with Gasteiger partial charge in [0.2, 0.25) is 5.91 Å². The molecule has 39 heavy (non-hydrogen) atoms. The molecule has 0 saturated heterocycles. The number of amides is 2. The Kier molecular flexibility index (Phi) is 12.0. The maximum Gasteiger partial charge on any atom is 0.269 e. The highest BCUT2D eigenvalue weighted by molar-refractivity contribution is 6.42. The molecule has 2 aromatic rings. The second-order valence-corrected chi connectivity index (χ2v) is 9.72. The average molecular weight is 535 g/mol. The first-order valence-corrected chi connectivity index (χ1v) is 13.3. The molecule has 2 heterocycles. The second kappa shape index (κ2) is 14.9. The number of nitrogens with zero attached hydrogens (tertiary/aromatic N) is 4. The Morgan fingerprint density at radius 3 is 2.51 bits per heavy atom. The number of aryl methyl sites for hydroxylation is 2. The zero-order valence-electron chi connectivity index (χ0n) is 24.4. The van der Waals surface area contributed by atoms with Gasteiger partial charge in [0.25, 0.3) is 5.91 Å². The number of allylic oxidation sites excluding steroid dienone is 5. The predicted octanol–water partition coefficient (Wildman–Crippen LogP) is 5.39. The van der Waals surface area contributed by atoms with Crippen molar-refractivity contribution in [3.05, 3.63) is 64.8 Å². The zero-order valence-corrected chi connectivity index (χ0v) is 24.4. The lowest BCUT2D eigenvalue weighted by molar-refractivity contribution is -0.116. The molecule has 0 saturated carbocycles. The van der Waals surface area contributed by atoms with Gasteiger partial charge in [-0.05, 0) is 63.0 Å². The molecule has 1 unspecified atom stereocenters. The molecule has 3 N–H and O–H groups in total. The Morgan fingerprint density at radius 2 is 1.90 bits per heavy atom. The van der Waals surface area contributed by atoms with Crippen molar-refractivity contribution in [2.45, 2.75) is 67.9 Å². The number of hydrogen-bond donors (Lipinski definition) is 3. The van der Waals surface area contributed by atoms with Crippen molar-refractivity contribution < 1.29 is 14.7 Å². The van der Waals surface area contributed by atoms with Crippen molar-refractivity contribution >= 4 is 34.5 Å². The van der Waals surface area contributed by atoms with E-state index in [4.69, 9.17) is 0 Å². The van der Waals surface area contributed by atoms with Gasteiger partial charge in [-0.1, -0.05) is 39.3 Å². The summed E-state index contributed by atoms with van der Waals surface area (Å²) in [5.41, 5.74) is 6.51. The van der Waals surface area contributed by atoms with Gasteiger partial charge >= 0.3 is 0 Å². The molecule has 1 atom stereocenters. The largest absolute Gasteiger partial charge is 0.390 e. The molecule has 0 aliphatic rings. The van der Waals surface area contributed by atoms with Crippen LogP contribution in [0, 0.1) is 12.8 Å². The second-order valence-electron chi connectivity index (χ2n) is 9.72. The van der Waals surface area contributed by atoms with Gasteiger partial charge in [0.1, 0.15) is 0 Å². The topological polar surface area (TPSA) is 122 Å². The lowest BCUT2D eigenvalue weighted by atomic mass is 10.0. The Hall–Kier alpha value is -3.85. The molecule has 0 aliphatic carbocycles. The zero-order chi connectivity index (χ0) is 29.1. The van der Waals surface area contributed by atoms with Crippen molar-refractivity contribution in [1.29, 1.82) is 0 Å². The number of aliphatic hydroxyl groups excluding tert-OH is 1. The Morgan fingerprint density at radius 1 is 1.18 bits per heavy atom. The summed E-state index contributed by atoms with van der Waals surface area (Å²) >= 11 is 0. The van der Waals surface area contributed by atoms with Crippen molar-refractivity contribution in [2.24, 2.45) is 18.0 Å². The molecule has 0 bridgehead atoms. The van der Waals surface area contributed by atoms with Crippen molar-refractivity contribution in [1.82, 2.24) is 14.8 Å². The summed E-state index contributed by atoms with van der Waals surface area (Å²) in [6.45, 7) is 13.8. The number of aliphatic imine (C=N–C) groups is 1. The van der Waals surface area contributed by atoms with Gasteiger partial charge < -0.3 is 15.7 Å². The van der Waals surface area contributed by atoms with Gasteiger partial charge in [0.05, 0.1) is 53.5 Å². The number of carbonyl (C=O) groups excluding carboxylic acids is 2. The van der Waals surface area contributed by atoms with Crippen LogP contribution in [0.25, 0.3) is 5.57 Å². The summed E-state index contributed by atoms with van der Waals surface area (Å²) in [6, 6.07) is 3.58. The first-order chi connectivity index (χ1) is 18.5. The fourth-order valence-corrected chi connectivity index (χ4v) is 3.39. The maximum atomic E-state index is 12.8. The molecule has 0 aliphatic heterocycles. The number of nitrogens with one attached hydrogen (secondary N) is 2. The molecule has 0 radical (unpaired) electrons. The third-order valence-corrected chi connectivity index (χ3v) is 6.55. The van der Waals surface area contributed by atoms with Crippen LogP contribution in [-0.2, 0) is 23.2 Å². The fraction of sp³-hybridized carbons (Fsp3) is 0.433. The monoisotopic (exact) mass is 534 g/mol. The number of aromatic nitrogens is 3. The van der Waals surface area contributed by atoms with Gasteiger partial charge in [0, 0.05) is 19.0 Å². The van der Waals surface area contributed by atoms with Crippen LogP contribution in [0.4, 0.5) is 11.4 Å². The molecule has 0 fully saturated rings. The van der Waals surface area contributed by atoms with Crippen molar-refractivity contribution in [3.63, 3.8) is 0 Å². The van der Waals surface area contributed by atoms with Crippen LogP contribution in [0.15, 0.2) is 52.7 Å².